The van der Waals surface area contributed by atoms with Crippen molar-refractivity contribution in [2.24, 2.45) is 5.92 Å². The zero-order valence-corrected chi connectivity index (χ0v) is 13.1. The summed E-state index contributed by atoms with van der Waals surface area (Å²) in [5.41, 5.74) is 3.31. The fourth-order valence-corrected chi connectivity index (χ4v) is 5.27. The molecular weight excluding hydrogens is 276 g/mol. The predicted molar refractivity (Wildman–Crippen MR) is 81.9 cm³/mol. The minimum absolute atomic E-state index is 0.166. The van der Waals surface area contributed by atoms with Crippen LogP contribution in [0.4, 0.5) is 0 Å². The third-order valence-corrected chi connectivity index (χ3v) is 6.08. The molecule has 2 saturated heterocycles. The van der Waals surface area contributed by atoms with Gasteiger partial charge in [-0.05, 0) is 50.2 Å². The van der Waals surface area contributed by atoms with Crippen molar-refractivity contribution in [3.63, 3.8) is 0 Å². The molecule has 3 rings (SSSR count). The first-order chi connectivity index (χ1) is 9.33. The van der Waals surface area contributed by atoms with Crippen LogP contribution in [0.3, 0.4) is 0 Å². The summed E-state index contributed by atoms with van der Waals surface area (Å²) in [7, 11) is 2.06. The molecule has 19 heavy (non-hydrogen) atoms. The van der Waals surface area contributed by atoms with Crippen LogP contribution in [0, 0.1) is 5.92 Å². The van der Waals surface area contributed by atoms with Crippen LogP contribution in [0.15, 0.2) is 10.9 Å². The van der Waals surface area contributed by atoms with Crippen LogP contribution in [0.2, 0.25) is 0 Å². The van der Waals surface area contributed by atoms with Crippen molar-refractivity contribution in [1.29, 1.82) is 0 Å². The lowest BCUT2D eigenvalue weighted by molar-refractivity contribution is -0.107. The molecule has 1 N–H and O–H groups in total. The maximum atomic E-state index is 6.19. The van der Waals surface area contributed by atoms with Gasteiger partial charge in [0.2, 0.25) is 0 Å². The van der Waals surface area contributed by atoms with E-state index in [4.69, 9.17) is 4.74 Å². The smallest absolute Gasteiger partial charge is 0.0795 e. The van der Waals surface area contributed by atoms with Gasteiger partial charge in [-0.1, -0.05) is 0 Å². The number of hydrogen-bond donors (Lipinski definition) is 1. The van der Waals surface area contributed by atoms with Gasteiger partial charge >= 0.3 is 0 Å². The summed E-state index contributed by atoms with van der Waals surface area (Å²) < 4.78 is 6.19. The summed E-state index contributed by atoms with van der Waals surface area (Å²) in [4.78, 5) is 4.51. The summed E-state index contributed by atoms with van der Waals surface area (Å²) in [6.45, 7) is 0.914. The quantitative estimate of drug-likeness (QED) is 0.930. The predicted octanol–water partition coefficient (Wildman–Crippen LogP) is 3.10. The molecule has 0 amide bonds. The number of nitrogens with one attached hydrogen (secondary N) is 1. The highest BCUT2D eigenvalue weighted by Crippen LogP contribution is 2.43. The van der Waals surface area contributed by atoms with Crippen molar-refractivity contribution in [3.8, 4) is 0 Å². The third kappa shape index (κ3) is 2.99. The zero-order valence-electron chi connectivity index (χ0n) is 11.4. The SMILES string of the molecule is CNC(c1cscn1)C1CCOC2(CCSCC2)C1. The van der Waals surface area contributed by atoms with Crippen LogP contribution in [0.25, 0.3) is 0 Å². The van der Waals surface area contributed by atoms with Gasteiger partial charge in [-0.2, -0.15) is 11.8 Å². The number of thiazole rings is 1. The number of thioether (sulfide) groups is 1. The maximum Gasteiger partial charge on any atom is 0.0795 e. The molecule has 3 nitrogen and oxygen atoms in total. The molecule has 1 aromatic rings. The number of nitrogens with zero attached hydrogens (tertiary/aromatic N) is 1. The van der Waals surface area contributed by atoms with Gasteiger partial charge in [0.1, 0.15) is 0 Å². The van der Waals surface area contributed by atoms with Gasteiger partial charge in [0.25, 0.3) is 0 Å². The first-order valence-corrected chi connectivity index (χ1v) is 9.20. The van der Waals surface area contributed by atoms with E-state index in [1.165, 1.54) is 36.5 Å². The zero-order chi connectivity index (χ0) is 13.1. The Kier molecular flexibility index (Phi) is 4.47. The lowest BCUT2D eigenvalue weighted by Gasteiger charge is -2.45. The monoisotopic (exact) mass is 298 g/mol. The van der Waals surface area contributed by atoms with Gasteiger partial charge in [0, 0.05) is 12.0 Å². The van der Waals surface area contributed by atoms with E-state index in [1.807, 2.05) is 5.51 Å². The molecule has 3 heterocycles. The van der Waals surface area contributed by atoms with Crippen molar-refractivity contribution >= 4 is 23.1 Å². The van der Waals surface area contributed by atoms with Crippen molar-refractivity contribution in [1.82, 2.24) is 10.3 Å². The number of hydrogen-bond acceptors (Lipinski definition) is 5. The molecule has 2 fully saturated rings. The molecule has 106 valence electrons. The Morgan fingerprint density at radius 1 is 1.47 bits per heavy atom. The summed E-state index contributed by atoms with van der Waals surface area (Å²) in [5.74, 6) is 3.17. The highest BCUT2D eigenvalue weighted by Gasteiger charge is 2.41. The average Bonchev–Trinajstić information content (AvgIpc) is 2.95. The minimum Gasteiger partial charge on any atom is -0.375 e. The van der Waals surface area contributed by atoms with E-state index in [9.17, 15) is 0 Å². The second-order valence-electron chi connectivity index (χ2n) is 5.58. The summed E-state index contributed by atoms with van der Waals surface area (Å²) in [6.07, 6.45) is 4.79. The van der Waals surface area contributed by atoms with Crippen molar-refractivity contribution in [2.45, 2.75) is 37.3 Å². The first kappa shape index (κ1) is 13.9. The van der Waals surface area contributed by atoms with Crippen LogP contribution in [0.5, 0.6) is 0 Å². The summed E-state index contributed by atoms with van der Waals surface area (Å²) in [5, 5.41) is 5.66. The van der Waals surface area contributed by atoms with E-state index < -0.39 is 0 Å². The molecule has 2 unspecified atom stereocenters. The minimum atomic E-state index is 0.166. The molecule has 0 aromatic carbocycles. The molecule has 1 spiro atoms. The molecule has 0 radical (unpaired) electrons. The van der Waals surface area contributed by atoms with Gasteiger partial charge in [-0.25, -0.2) is 4.98 Å². The second kappa shape index (κ2) is 6.12. The molecular formula is C14H22N2OS2. The van der Waals surface area contributed by atoms with E-state index in [0.29, 0.717) is 12.0 Å². The van der Waals surface area contributed by atoms with Crippen molar-refractivity contribution in [3.05, 3.63) is 16.6 Å². The largest absolute Gasteiger partial charge is 0.375 e. The molecule has 1 aromatic heterocycles. The highest BCUT2D eigenvalue weighted by atomic mass is 32.2. The average molecular weight is 298 g/mol. The van der Waals surface area contributed by atoms with Crippen LogP contribution >= 0.6 is 23.1 Å². The van der Waals surface area contributed by atoms with E-state index in [0.717, 1.165) is 13.0 Å². The van der Waals surface area contributed by atoms with Crippen LogP contribution < -0.4 is 5.32 Å². The van der Waals surface area contributed by atoms with E-state index in [2.05, 4.69) is 34.5 Å². The van der Waals surface area contributed by atoms with Gasteiger partial charge < -0.3 is 10.1 Å². The van der Waals surface area contributed by atoms with Crippen molar-refractivity contribution < 1.29 is 4.74 Å². The highest BCUT2D eigenvalue weighted by molar-refractivity contribution is 7.99. The Hall–Kier alpha value is -0.100. The van der Waals surface area contributed by atoms with E-state index in [1.54, 1.807) is 11.3 Å². The Morgan fingerprint density at radius 2 is 2.32 bits per heavy atom. The number of ether oxygens (including phenoxy) is 1. The molecule has 2 aliphatic rings. The van der Waals surface area contributed by atoms with E-state index >= 15 is 0 Å². The van der Waals surface area contributed by atoms with Crippen LogP contribution in [0.1, 0.15) is 37.4 Å². The lowest BCUT2D eigenvalue weighted by atomic mass is 9.78. The standard InChI is InChI=1S/C14H22N2OS2/c1-15-13(12-9-19-10-16-12)11-2-5-17-14(8-11)3-6-18-7-4-14/h9-11,13,15H,2-8H2,1H3. The van der Waals surface area contributed by atoms with Gasteiger partial charge in [0.05, 0.1) is 22.8 Å². The first-order valence-electron chi connectivity index (χ1n) is 7.10. The van der Waals surface area contributed by atoms with Crippen LogP contribution in [-0.2, 0) is 4.74 Å². The molecule has 2 aliphatic heterocycles. The van der Waals surface area contributed by atoms with Gasteiger partial charge in [-0.15, -0.1) is 11.3 Å². The summed E-state index contributed by atoms with van der Waals surface area (Å²) in [6, 6.07) is 0.390. The molecule has 2 atom stereocenters. The normalized spacial score (nSPS) is 28.4. The van der Waals surface area contributed by atoms with Gasteiger partial charge in [0.15, 0.2) is 0 Å². The summed E-state index contributed by atoms with van der Waals surface area (Å²) >= 11 is 3.76. The molecule has 0 bridgehead atoms. The fourth-order valence-electron chi connectivity index (χ4n) is 3.44. The lowest BCUT2D eigenvalue weighted by Crippen LogP contribution is -2.45. The van der Waals surface area contributed by atoms with Gasteiger partial charge in [-0.3, -0.25) is 0 Å². The molecule has 0 aliphatic carbocycles. The second-order valence-corrected chi connectivity index (χ2v) is 7.52. The Balaban J connectivity index is 1.73. The topological polar surface area (TPSA) is 34.2 Å². The maximum absolute atomic E-state index is 6.19. The number of aromatic nitrogens is 1. The Bertz CT molecular complexity index is 385. The Morgan fingerprint density at radius 3 is 3.00 bits per heavy atom. The third-order valence-electron chi connectivity index (χ3n) is 4.49. The van der Waals surface area contributed by atoms with Crippen LogP contribution in [-0.4, -0.2) is 35.7 Å². The van der Waals surface area contributed by atoms with E-state index in [-0.39, 0.29) is 5.60 Å². The number of rotatable bonds is 3. The fraction of sp³-hybridized carbons (Fsp3) is 0.786. The Labute approximate surface area is 123 Å². The van der Waals surface area contributed by atoms with Crippen molar-refractivity contribution in [2.75, 3.05) is 25.2 Å². The molecule has 5 heteroatoms. The molecule has 0 saturated carbocycles.